The van der Waals surface area contributed by atoms with Crippen molar-refractivity contribution in [2.45, 2.75) is 58.0 Å². The number of ketones is 1. The molecule has 4 nitrogen and oxygen atoms in total. The second kappa shape index (κ2) is 10.1. The number of aryl methyl sites for hydroxylation is 3. The van der Waals surface area contributed by atoms with Crippen LogP contribution in [0.4, 0.5) is 8.78 Å². The molecule has 2 aromatic rings. The van der Waals surface area contributed by atoms with Crippen LogP contribution in [0.3, 0.4) is 0 Å². The zero-order chi connectivity index (χ0) is 19.8. The third-order valence-corrected chi connectivity index (χ3v) is 4.77. The van der Waals surface area contributed by atoms with E-state index in [9.17, 15) is 13.6 Å². The Morgan fingerprint density at radius 3 is 2.79 bits per heavy atom. The van der Waals surface area contributed by atoms with Gasteiger partial charge in [-0.3, -0.25) is 9.78 Å². The molecule has 148 valence electrons. The molecule has 1 aliphatic carbocycles. The molecule has 0 bridgehead atoms. The van der Waals surface area contributed by atoms with E-state index < -0.39 is 6.61 Å². The molecule has 0 aliphatic heterocycles. The van der Waals surface area contributed by atoms with E-state index in [1.807, 2.05) is 0 Å². The van der Waals surface area contributed by atoms with E-state index >= 15 is 0 Å². The second-order valence-corrected chi connectivity index (χ2v) is 6.93. The van der Waals surface area contributed by atoms with Crippen LogP contribution in [0.5, 0.6) is 5.88 Å². The van der Waals surface area contributed by atoms with Crippen molar-refractivity contribution in [2.24, 2.45) is 0 Å². The molecule has 0 fully saturated rings. The fourth-order valence-electron chi connectivity index (χ4n) is 3.30. The molecule has 0 unspecified atom stereocenters. The Bertz CT molecular complexity index is 820. The Morgan fingerprint density at radius 1 is 1.14 bits per heavy atom. The van der Waals surface area contributed by atoms with Crippen LogP contribution in [0.1, 0.15) is 54.6 Å². The fourth-order valence-corrected chi connectivity index (χ4v) is 3.30. The number of carbonyl (C=O) groups is 1. The van der Waals surface area contributed by atoms with Gasteiger partial charge in [0.1, 0.15) is 0 Å². The van der Waals surface area contributed by atoms with E-state index in [0.29, 0.717) is 12.0 Å². The van der Waals surface area contributed by atoms with Crippen LogP contribution in [0.15, 0.2) is 36.5 Å². The largest absolute Gasteiger partial charge is 0.417 e. The summed E-state index contributed by atoms with van der Waals surface area (Å²) >= 11 is 0. The summed E-state index contributed by atoms with van der Waals surface area (Å²) in [4.78, 5) is 20.5. The molecule has 0 spiro atoms. The summed E-state index contributed by atoms with van der Waals surface area (Å²) in [5.41, 5.74) is 4.41. The van der Waals surface area contributed by atoms with E-state index in [1.165, 1.54) is 42.4 Å². The molecule has 0 radical (unpaired) electrons. The molecule has 2 heterocycles. The molecule has 6 heteroatoms. The maximum atomic E-state index is 12.1. The molecular formula is C22H24F2N2O2. The van der Waals surface area contributed by atoms with Gasteiger partial charge in [-0.1, -0.05) is 6.07 Å². The minimum Gasteiger partial charge on any atom is -0.417 e. The molecule has 0 aromatic carbocycles. The molecule has 1 aliphatic rings. The van der Waals surface area contributed by atoms with Crippen molar-refractivity contribution in [2.75, 3.05) is 0 Å². The Labute approximate surface area is 163 Å². The average molecular weight is 386 g/mol. The molecule has 0 amide bonds. The van der Waals surface area contributed by atoms with E-state index in [2.05, 4.69) is 21.9 Å². The molecule has 2 aromatic heterocycles. The highest BCUT2D eigenvalue weighted by Crippen LogP contribution is 2.20. The summed E-state index contributed by atoms with van der Waals surface area (Å²) < 4.78 is 28.3. The number of fused-ring (bicyclic) bond motifs is 1. The van der Waals surface area contributed by atoms with Crippen LogP contribution in [0.2, 0.25) is 0 Å². The summed E-state index contributed by atoms with van der Waals surface area (Å²) in [7, 11) is 0. The third-order valence-electron chi connectivity index (χ3n) is 4.77. The van der Waals surface area contributed by atoms with Gasteiger partial charge in [-0.2, -0.15) is 8.78 Å². The monoisotopic (exact) mass is 386 g/mol. The zero-order valence-electron chi connectivity index (χ0n) is 15.7. The van der Waals surface area contributed by atoms with Crippen molar-refractivity contribution in [3.05, 3.63) is 59.1 Å². The molecule has 0 N–H and O–H groups in total. The number of allylic oxidation sites excluding steroid dienone is 1. The van der Waals surface area contributed by atoms with Crippen molar-refractivity contribution in [3.8, 4) is 5.88 Å². The highest BCUT2D eigenvalue weighted by Gasteiger charge is 2.11. The molecule has 0 saturated heterocycles. The summed E-state index contributed by atoms with van der Waals surface area (Å²) in [6.07, 6.45) is 12.3. The smallest absolute Gasteiger partial charge is 0.388 e. The fraction of sp³-hybridized carbons (Fsp3) is 0.409. The molecule has 3 rings (SSSR count). The Kier molecular flexibility index (Phi) is 7.23. The number of halogens is 2. The highest BCUT2D eigenvalue weighted by molar-refractivity contribution is 5.93. The van der Waals surface area contributed by atoms with E-state index in [0.717, 1.165) is 37.8 Å². The number of hydrogen-bond acceptors (Lipinski definition) is 4. The Balaban J connectivity index is 1.39. The lowest BCUT2D eigenvalue weighted by Crippen LogP contribution is -2.07. The van der Waals surface area contributed by atoms with Crippen molar-refractivity contribution in [1.29, 1.82) is 0 Å². The van der Waals surface area contributed by atoms with Crippen LogP contribution in [-0.2, 0) is 24.1 Å². The van der Waals surface area contributed by atoms with Gasteiger partial charge in [0.25, 0.3) is 0 Å². The zero-order valence-corrected chi connectivity index (χ0v) is 15.7. The van der Waals surface area contributed by atoms with Gasteiger partial charge in [0.05, 0.1) is 0 Å². The van der Waals surface area contributed by atoms with Crippen LogP contribution in [0.25, 0.3) is 6.08 Å². The SMILES string of the molecule is O=C(/C=C/c1ccc(OC(F)F)nc1)CCCCc1ccc2c(n1)CCCC2. The standard InChI is InChI=1S/C22H24F2N2O2/c23-22(24)28-21-14-10-16(15-25-21)9-13-19(27)7-3-2-6-18-12-11-17-5-1-4-8-20(17)26-18/h9-15,22H,1-8H2/b13-9+. The lowest BCUT2D eigenvalue weighted by molar-refractivity contribution is -0.114. The molecule has 0 atom stereocenters. The van der Waals surface area contributed by atoms with Gasteiger partial charge >= 0.3 is 6.61 Å². The number of hydrogen-bond donors (Lipinski definition) is 0. The number of carbonyl (C=O) groups excluding carboxylic acids is 1. The summed E-state index contributed by atoms with van der Waals surface area (Å²) in [6, 6.07) is 7.24. The quantitative estimate of drug-likeness (QED) is 0.452. The van der Waals surface area contributed by atoms with Crippen molar-refractivity contribution < 1.29 is 18.3 Å². The third kappa shape index (κ3) is 6.22. The van der Waals surface area contributed by atoms with Gasteiger partial charge in [-0.25, -0.2) is 4.98 Å². The number of rotatable bonds is 9. The van der Waals surface area contributed by atoms with Crippen molar-refractivity contribution in [3.63, 3.8) is 0 Å². The number of aromatic nitrogens is 2. The van der Waals surface area contributed by atoms with Crippen LogP contribution in [-0.4, -0.2) is 22.4 Å². The Hall–Kier alpha value is -2.63. The van der Waals surface area contributed by atoms with Crippen LogP contribution >= 0.6 is 0 Å². The summed E-state index contributed by atoms with van der Waals surface area (Å²) in [6.45, 7) is -2.90. The number of nitrogens with zero attached hydrogens (tertiary/aromatic N) is 2. The van der Waals surface area contributed by atoms with Crippen LogP contribution in [0, 0.1) is 0 Å². The summed E-state index contributed by atoms with van der Waals surface area (Å²) in [5.74, 6) is -0.111. The first-order valence-corrected chi connectivity index (χ1v) is 9.69. The maximum Gasteiger partial charge on any atom is 0.388 e. The maximum absolute atomic E-state index is 12.1. The first-order valence-electron chi connectivity index (χ1n) is 9.69. The van der Waals surface area contributed by atoms with Gasteiger partial charge in [0, 0.05) is 30.1 Å². The van der Waals surface area contributed by atoms with Gasteiger partial charge in [-0.05, 0) is 80.4 Å². The van der Waals surface area contributed by atoms with E-state index in [1.54, 1.807) is 12.1 Å². The lowest BCUT2D eigenvalue weighted by Gasteiger charge is -2.15. The van der Waals surface area contributed by atoms with E-state index in [-0.39, 0.29) is 11.7 Å². The van der Waals surface area contributed by atoms with Gasteiger partial charge < -0.3 is 4.74 Å². The van der Waals surface area contributed by atoms with Gasteiger partial charge in [0.15, 0.2) is 5.78 Å². The highest BCUT2D eigenvalue weighted by atomic mass is 19.3. The van der Waals surface area contributed by atoms with Gasteiger partial charge in [-0.15, -0.1) is 0 Å². The predicted octanol–water partition coefficient (Wildman–Crippen LogP) is 4.95. The first kappa shape index (κ1) is 20.1. The molecule has 0 saturated carbocycles. The van der Waals surface area contributed by atoms with Crippen molar-refractivity contribution in [1.82, 2.24) is 9.97 Å². The first-order chi connectivity index (χ1) is 13.6. The minimum atomic E-state index is -2.90. The minimum absolute atomic E-state index is 0.0336. The van der Waals surface area contributed by atoms with Crippen LogP contribution < -0.4 is 4.74 Å². The average Bonchev–Trinajstić information content (AvgIpc) is 2.70. The molecule has 28 heavy (non-hydrogen) atoms. The number of unbranched alkanes of at least 4 members (excludes halogenated alkanes) is 1. The number of pyridine rings is 2. The second-order valence-electron chi connectivity index (χ2n) is 6.93. The normalized spacial score (nSPS) is 13.7. The predicted molar refractivity (Wildman–Crippen MR) is 103 cm³/mol. The van der Waals surface area contributed by atoms with Crippen molar-refractivity contribution >= 4 is 11.9 Å². The summed E-state index contributed by atoms with van der Waals surface area (Å²) in [5, 5.41) is 0. The molecular weight excluding hydrogens is 362 g/mol. The number of ether oxygens (including phenoxy) is 1. The van der Waals surface area contributed by atoms with Gasteiger partial charge in [0.2, 0.25) is 5.88 Å². The Morgan fingerprint density at radius 2 is 2.00 bits per heavy atom. The lowest BCUT2D eigenvalue weighted by atomic mass is 9.95. The van der Waals surface area contributed by atoms with E-state index in [4.69, 9.17) is 4.98 Å². The number of alkyl halides is 2. The topological polar surface area (TPSA) is 52.1 Å².